The summed E-state index contributed by atoms with van der Waals surface area (Å²) in [5.41, 5.74) is 1.10. The average molecular weight is 321 g/mol. The minimum Gasteiger partial charge on any atom is -0.410 e. The molecule has 114 valence electrons. The van der Waals surface area contributed by atoms with Crippen LogP contribution in [-0.2, 0) is 4.43 Å². The van der Waals surface area contributed by atoms with Crippen LogP contribution in [0.3, 0.4) is 0 Å². The molecule has 5 heteroatoms. The molecule has 0 spiro atoms. The van der Waals surface area contributed by atoms with E-state index >= 15 is 0 Å². The molecular formula is C16H24N2OSSi. The average Bonchev–Trinajstić information content (AvgIpc) is 2.74. The van der Waals surface area contributed by atoms with Crippen molar-refractivity contribution in [1.82, 2.24) is 4.98 Å². The fraction of sp³-hybridized carbons (Fsp3) is 0.562. The number of fused-ring (bicyclic) bond motifs is 1. The summed E-state index contributed by atoms with van der Waals surface area (Å²) in [6.07, 6.45) is 0.373. The number of nitrogens with zero attached hydrogens (tertiary/aromatic N) is 2. The van der Waals surface area contributed by atoms with Gasteiger partial charge in [-0.25, -0.2) is 4.98 Å². The summed E-state index contributed by atoms with van der Waals surface area (Å²) in [4.78, 5) is 7.05. The second kappa shape index (κ2) is 5.07. The maximum Gasteiger partial charge on any atom is 0.192 e. The highest BCUT2D eigenvalue weighted by atomic mass is 32.1. The third kappa shape index (κ3) is 2.87. The quantitative estimate of drug-likeness (QED) is 0.778. The molecule has 2 aromatic rings. The van der Waals surface area contributed by atoms with E-state index in [0.29, 0.717) is 6.10 Å². The summed E-state index contributed by atoms with van der Waals surface area (Å²) in [5.74, 6) is 0. The lowest BCUT2D eigenvalue weighted by Gasteiger charge is -2.46. The Balaban J connectivity index is 1.63. The Bertz CT molecular complexity index is 608. The van der Waals surface area contributed by atoms with Crippen molar-refractivity contribution in [2.45, 2.75) is 45.0 Å². The maximum absolute atomic E-state index is 6.44. The first-order valence-corrected chi connectivity index (χ1v) is 11.3. The van der Waals surface area contributed by atoms with Crippen LogP contribution in [0.4, 0.5) is 5.13 Å². The Morgan fingerprint density at radius 2 is 1.90 bits per heavy atom. The molecule has 1 aliphatic rings. The van der Waals surface area contributed by atoms with E-state index < -0.39 is 8.32 Å². The molecule has 1 aromatic carbocycles. The van der Waals surface area contributed by atoms with E-state index in [-0.39, 0.29) is 5.04 Å². The van der Waals surface area contributed by atoms with Gasteiger partial charge in [-0.1, -0.05) is 44.2 Å². The van der Waals surface area contributed by atoms with Crippen LogP contribution in [0.15, 0.2) is 24.3 Å². The molecule has 1 saturated heterocycles. The highest BCUT2D eigenvalue weighted by molar-refractivity contribution is 7.22. The van der Waals surface area contributed by atoms with Crippen molar-refractivity contribution < 1.29 is 4.43 Å². The molecule has 2 heterocycles. The Kier molecular flexibility index (Phi) is 3.62. The van der Waals surface area contributed by atoms with E-state index in [1.165, 1.54) is 4.70 Å². The Morgan fingerprint density at radius 3 is 2.52 bits per heavy atom. The summed E-state index contributed by atoms with van der Waals surface area (Å²) in [6.45, 7) is 13.5. The van der Waals surface area contributed by atoms with Gasteiger partial charge in [0.25, 0.3) is 0 Å². The smallest absolute Gasteiger partial charge is 0.192 e. The van der Waals surface area contributed by atoms with Gasteiger partial charge in [-0.15, -0.1) is 0 Å². The zero-order valence-corrected chi connectivity index (χ0v) is 15.3. The van der Waals surface area contributed by atoms with Crippen molar-refractivity contribution >= 4 is 35.0 Å². The first-order valence-electron chi connectivity index (χ1n) is 7.55. The third-order valence-electron chi connectivity index (χ3n) is 4.67. The summed E-state index contributed by atoms with van der Waals surface area (Å²) in [5, 5.41) is 1.41. The normalized spacial score (nSPS) is 17.3. The van der Waals surface area contributed by atoms with Crippen molar-refractivity contribution in [1.29, 1.82) is 0 Å². The number of para-hydroxylation sites is 1. The van der Waals surface area contributed by atoms with Gasteiger partial charge in [0.2, 0.25) is 0 Å². The van der Waals surface area contributed by atoms with Crippen LogP contribution in [0.2, 0.25) is 18.1 Å². The largest absolute Gasteiger partial charge is 0.410 e. The topological polar surface area (TPSA) is 25.4 Å². The molecular weight excluding hydrogens is 296 g/mol. The van der Waals surface area contributed by atoms with E-state index in [1.54, 1.807) is 11.3 Å². The minimum atomic E-state index is -1.64. The molecule has 0 bridgehead atoms. The van der Waals surface area contributed by atoms with Crippen molar-refractivity contribution in [3.8, 4) is 0 Å². The van der Waals surface area contributed by atoms with Crippen molar-refractivity contribution in [2.75, 3.05) is 18.0 Å². The summed E-state index contributed by atoms with van der Waals surface area (Å²) >= 11 is 1.78. The zero-order chi connectivity index (χ0) is 15.3. The van der Waals surface area contributed by atoms with Gasteiger partial charge in [0.05, 0.1) is 16.3 Å². The van der Waals surface area contributed by atoms with E-state index in [0.717, 1.165) is 23.7 Å². The molecule has 0 N–H and O–H groups in total. The highest BCUT2D eigenvalue weighted by Crippen LogP contribution is 2.39. The lowest BCUT2D eigenvalue weighted by atomic mass is 10.2. The molecule has 1 aliphatic heterocycles. The molecule has 0 radical (unpaired) electrons. The van der Waals surface area contributed by atoms with E-state index in [4.69, 9.17) is 9.41 Å². The Hall–Kier alpha value is -0.913. The van der Waals surface area contributed by atoms with Gasteiger partial charge < -0.3 is 9.33 Å². The summed E-state index contributed by atoms with van der Waals surface area (Å²) < 4.78 is 7.70. The number of thiazole rings is 1. The van der Waals surface area contributed by atoms with Crippen LogP contribution in [0.1, 0.15) is 20.8 Å². The number of anilines is 1. The van der Waals surface area contributed by atoms with E-state index in [9.17, 15) is 0 Å². The monoisotopic (exact) mass is 320 g/mol. The van der Waals surface area contributed by atoms with Crippen LogP contribution < -0.4 is 4.90 Å². The second-order valence-electron chi connectivity index (χ2n) is 7.37. The van der Waals surface area contributed by atoms with Gasteiger partial charge >= 0.3 is 0 Å². The SMILES string of the molecule is CC(C)(C)[Si](C)(C)OC1CN(c2nc3ccccc3s2)C1. The van der Waals surface area contributed by atoms with Crippen molar-refractivity contribution in [3.63, 3.8) is 0 Å². The second-order valence-corrected chi connectivity index (χ2v) is 13.1. The fourth-order valence-corrected chi connectivity index (χ4v) is 4.58. The van der Waals surface area contributed by atoms with E-state index in [2.05, 4.69) is 57.0 Å². The van der Waals surface area contributed by atoms with Crippen molar-refractivity contribution in [3.05, 3.63) is 24.3 Å². The standard InChI is InChI=1S/C16H24N2OSSi/c1-16(2,3)21(4,5)19-12-10-18(11-12)15-17-13-8-6-7-9-14(13)20-15/h6-9,12H,10-11H2,1-5H3. The predicted octanol–water partition coefficient (Wildman–Crippen LogP) is 4.51. The molecule has 1 fully saturated rings. The van der Waals surface area contributed by atoms with Gasteiger partial charge in [-0.05, 0) is 30.3 Å². The first-order chi connectivity index (χ1) is 9.76. The number of hydrogen-bond acceptors (Lipinski definition) is 4. The molecule has 1 aromatic heterocycles. The number of aromatic nitrogens is 1. The third-order valence-corrected chi connectivity index (χ3v) is 10.3. The fourth-order valence-electron chi connectivity index (χ4n) is 2.26. The summed E-state index contributed by atoms with van der Waals surface area (Å²) in [7, 11) is -1.64. The molecule has 0 amide bonds. The Labute approximate surface area is 132 Å². The van der Waals surface area contributed by atoms with Crippen LogP contribution in [0.5, 0.6) is 0 Å². The maximum atomic E-state index is 6.44. The number of rotatable bonds is 3. The number of benzene rings is 1. The van der Waals surface area contributed by atoms with Crippen LogP contribution >= 0.6 is 11.3 Å². The van der Waals surface area contributed by atoms with Crippen LogP contribution in [0.25, 0.3) is 10.2 Å². The van der Waals surface area contributed by atoms with Crippen molar-refractivity contribution in [2.24, 2.45) is 0 Å². The molecule has 0 saturated carbocycles. The van der Waals surface area contributed by atoms with Gasteiger partial charge in [-0.2, -0.15) is 0 Å². The lowest BCUT2D eigenvalue weighted by molar-refractivity contribution is 0.149. The molecule has 0 unspecified atom stereocenters. The van der Waals surface area contributed by atoms with E-state index in [1.807, 2.05) is 6.07 Å². The molecule has 0 atom stereocenters. The van der Waals surface area contributed by atoms with Crippen LogP contribution in [0, 0.1) is 0 Å². The lowest BCUT2D eigenvalue weighted by Crippen LogP contribution is -2.57. The molecule has 3 rings (SSSR count). The van der Waals surface area contributed by atoms with Gasteiger partial charge in [0.1, 0.15) is 0 Å². The minimum absolute atomic E-state index is 0.281. The molecule has 3 nitrogen and oxygen atoms in total. The zero-order valence-electron chi connectivity index (χ0n) is 13.5. The summed E-state index contributed by atoms with van der Waals surface area (Å²) in [6, 6.07) is 8.34. The molecule has 0 aliphatic carbocycles. The Morgan fingerprint density at radius 1 is 1.24 bits per heavy atom. The van der Waals surface area contributed by atoms with Crippen LogP contribution in [-0.4, -0.2) is 32.5 Å². The number of hydrogen-bond donors (Lipinski definition) is 0. The first kappa shape index (κ1) is 15.0. The van der Waals surface area contributed by atoms with Gasteiger partial charge in [-0.3, -0.25) is 0 Å². The molecule has 21 heavy (non-hydrogen) atoms. The highest BCUT2D eigenvalue weighted by Gasteiger charge is 2.42. The predicted molar refractivity (Wildman–Crippen MR) is 93.9 cm³/mol. The van der Waals surface area contributed by atoms with Gasteiger partial charge in [0.15, 0.2) is 13.4 Å². The van der Waals surface area contributed by atoms with Gasteiger partial charge in [0, 0.05) is 13.1 Å².